The SMILES string of the molecule is Cc1cc(NS(=O)(=O)c2ccc(NC(=O)Cn3nc(-c4ccc(Br)cc4)ccc3=O)cc2)nc(C)n1. The minimum absolute atomic E-state index is 0.00509. The fourth-order valence-electron chi connectivity index (χ4n) is 3.36. The summed E-state index contributed by atoms with van der Waals surface area (Å²) in [6.45, 7) is 3.10. The number of amides is 1. The summed E-state index contributed by atoms with van der Waals surface area (Å²) >= 11 is 3.37. The third-order valence-corrected chi connectivity index (χ3v) is 6.85. The summed E-state index contributed by atoms with van der Waals surface area (Å²) in [4.78, 5) is 33.0. The maximum absolute atomic E-state index is 12.7. The molecule has 2 aromatic heterocycles. The van der Waals surface area contributed by atoms with Crippen LogP contribution in [0.1, 0.15) is 11.5 Å². The highest BCUT2D eigenvalue weighted by Crippen LogP contribution is 2.20. The molecule has 4 rings (SSSR count). The number of sulfonamides is 1. The fraction of sp³-hybridized carbons (Fsp3) is 0.125. The highest BCUT2D eigenvalue weighted by molar-refractivity contribution is 9.10. The van der Waals surface area contributed by atoms with Gasteiger partial charge in [-0.15, -0.1) is 0 Å². The maximum atomic E-state index is 12.7. The molecular weight excluding hydrogens is 548 g/mol. The van der Waals surface area contributed by atoms with Gasteiger partial charge in [0.1, 0.15) is 18.2 Å². The summed E-state index contributed by atoms with van der Waals surface area (Å²) in [5.74, 6) is 0.126. The summed E-state index contributed by atoms with van der Waals surface area (Å²) in [6, 6.07) is 17.5. The number of carbonyl (C=O) groups is 1. The summed E-state index contributed by atoms with van der Waals surface area (Å²) < 4.78 is 29.8. The standard InChI is InChI=1S/C24H21BrN6O4S/c1-15-13-22(27-16(2)26-15)30-36(34,35)20-9-7-19(8-10-20)28-23(32)14-31-24(33)12-11-21(29-31)17-3-5-18(25)6-4-17/h3-13H,14H2,1-2H3,(H,28,32)(H,26,27,30). The van der Waals surface area contributed by atoms with E-state index in [2.05, 4.69) is 41.0 Å². The van der Waals surface area contributed by atoms with E-state index in [0.717, 1.165) is 14.7 Å². The number of aryl methyl sites for hydroxylation is 2. The molecule has 0 bridgehead atoms. The van der Waals surface area contributed by atoms with Crippen LogP contribution in [0.25, 0.3) is 11.3 Å². The Balaban J connectivity index is 1.44. The third kappa shape index (κ3) is 6.20. The van der Waals surface area contributed by atoms with Gasteiger partial charge in [-0.1, -0.05) is 28.1 Å². The lowest BCUT2D eigenvalue weighted by Crippen LogP contribution is -2.29. The summed E-state index contributed by atoms with van der Waals surface area (Å²) in [5, 5.41) is 6.93. The van der Waals surface area contributed by atoms with Gasteiger partial charge < -0.3 is 5.32 Å². The van der Waals surface area contributed by atoms with Crippen LogP contribution in [0.4, 0.5) is 11.5 Å². The van der Waals surface area contributed by atoms with Gasteiger partial charge in [-0.2, -0.15) is 5.10 Å². The number of anilines is 2. The van der Waals surface area contributed by atoms with E-state index in [0.29, 0.717) is 22.9 Å². The molecule has 0 unspecified atom stereocenters. The Kier molecular flexibility index (Phi) is 7.27. The second-order valence-corrected chi connectivity index (χ2v) is 10.4. The molecule has 2 heterocycles. The molecule has 0 radical (unpaired) electrons. The van der Waals surface area contributed by atoms with Gasteiger partial charge in [-0.25, -0.2) is 23.1 Å². The van der Waals surface area contributed by atoms with Crippen LogP contribution in [0.15, 0.2) is 80.9 Å². The van der Waals surface area contributed by atoms with E-state index in [-0.39, 0.29) is 17.3 Å². The lowest BCUT2D eigenvalue weighted by atomic mass is 10.1. The Labute approximate surface area is 215 Å². The number of rotatable bonds is 7. The molecule has 0 saturated heterocycles. The number of hydrogen-bond donors (Lipinski definition) is 2. The smallest absolute Gasteiger partial charge is 0.267 e. The second-order valence-electron chi connectivity index (χ2n) is 7.84. The molecule has 0 spiro atoms. The number of nitrogens with one attached hydrogen (secondary N) is 2. The zero-order valence-corrected chi connectivity index (χ0v) is 21.7. The van der Waals surface area contributed by atoms with E-state index in [1.54, 1.807) is 19.9 Å². The number of benzene rings is 2. The zero-order valence-electron chi connectivity index (χ0n) is 19.3. The molecular formula is C24H21BrN6O4S. The predicted molar refractivity (Wildman–Crippen MR) is 139 cm³/mol. The van der Waals surface area contributed by atoms with Crippen molar-refractivity contribution in [1.29, 1.82) is 0 Å². The molecule has 0 aliphatic heterocycles. The first-order valence-electron chi connectivity index (χ1n) is 10.7. The van der Waals surface area contributed by atoms with Gasteiger partial charge in [-0.3, -0.25) is 14.3 Å². The molecule has 0 aliphatic carbocycles. The van der Waals surface area contributed by atoms with Gasteiger partial charge >= 0.3 is 0 Å². The number of aromatic nitrogens is 4. The lowest BCUT2D eigenvalue weighted by molar-refractivity contribution is -0.117. The van der Waals surface area contributed by atoms with Crippen LogP contribution in [0.2, 0.25) is 0 Å². The Morgan fingerprint density at radius 1 is 0.972 bits per heavy atom. The van der Waals surface area contributed by atoms with Crippen molar-refractivity contribution < 1.29 is 13.2 Å². The van der Waals surface area contributed by atoms with Gasteiger partial charge in [0.2, 0.25) is 5.91 Å². The molecule has 184 valence electrons. The first-order valence-corrected chi connectivity index (χ1v) is 13.0. The summed E-state index contributed by atoms with van der Waals surface area (Å²) in [6.07, 6.45) is 0. The molecule has 10 nitrogen and oxygen atoms in total. The zero-order chi connectivity index (χ0) is 25.9. The summed E-state index contributed by atoms with van der Waals surface area (Å²) in [7, 11) is -3.89. The maximum Gasteiger partial charge on any atom is 0.267 e. The lowest BCUT2D eigenvalue weighted by Gasteiger charge is -2.10. The van der Waals surface area contributed by atoms with E-state index in [9.17, 15) is 18.0 Å². The second kappa shape index (κ2) is 10.4. The number of hydrogen-bond acceptors (Lipinski definition) is 7. The quantitative estimate of drug-likeness (QED) is 0.348. The van der Waals surface area contributed by atoms with E-state index < -0.39 is 21.5 Å². The Morgan fingerprint density at radius 2 is 1.67 bits per heavy atom. The van der Waals surface area contributed by atoms with Gasteiger partial charge in [0, 0.05) is 33.6 Å². The molecule has 36 heavy (non-hydrogen) atoms. The van der Waals surface area contributed by atoms with E-state index in [1.807, 2.05) is 24.3 Å². The molecule has 0 saturated carbocycles. The van der Waals surface area contributed by atoms with Gasteiger partial charge in [0.25, 0.3) is 15.6 Å². The van der Waals surface area contributed by atoms with Crippen molar-refractivity contribution >= 4 is 43.4 Å². The largest absolute Gasteiger partial charge is 0.324 e. The van der Waals surface area contributed by atoms with Crippen molar-refractivity contribution in [1.82, 2.24) is 19.7 Å². The summed E-state index contributed by atoms with van der Waals surface area (Å²) in [5.41, 5.74) is 1.92. The van der Waals surface area contributed by atoms with Crippen molar-refractivity contribution in [2.45, 2.75) is 25.3 Å². The molecule has 0 aliphatic rings. The first-order chi connectivity index (χ1) is 17.1. The predicted octanol–water partition coefficient (Wildman–Crippen LogP) is 3.52. The molecule has 4 aromatic rings. The van der Waals surface area contributed by atoms with Crippen LogP contribution in [-0.2, 0) is 21.4 Å². The Hall–Kier alpha value is -3.90. The number of halogens is 1. The van der Waals surface area contributed by atoms with Crippen molar-refractivity contribution in [3.63, 3.8) is 0 Å². The van der Waals surface area contributed by atoms with Crippen LogP contribution in [0, 0.1) is 13.8 Å². The number of carbonyl (C=O) groups excluding carboxylic acids is 1. The van der Waals surface area contributed by atoms with Gasteiger partial charge in [-0.05, 0) is 56.3 Å². The van der Waals surface area contributed by atoms with Crippen molar-refractivity contribution in [2.24, 2.45) is 0 Å². The minimum Gasteiger partial charge on any atom is -0.324 e. The van der Waals surface area contributed by atoms with Gasteiger partial charge in [0.15, 0.2) is 0 Å². The first kappa shape index (κ1) is 25.2. The van der Waals surface area contributed by atoms with Crippen molar-refractivity contribution in [2.75, 3.05) is 10.0 Å². The Morgan fingerprint density at radius 3 is 2.33 bits per heavy atom. The average Bonchev–Trinajstić information content (AvgIpc) is 2.80. The highest BCUT2D eigenvalue weighted by atomic mass is 79.9. The molecule has 12 heteroatoms. The minimum atomic E-state index is -3.89. The number of nitrogens with zero attached hydrogens (tertiary/aromatic N) is 4. The molecule has 0 fully saturated rings. The highest BCUT2D eigenvalue weighted by Gasteiger charge is 2.16. The monoisotopic (exact) mass is 568 g/mol. The topological polar surface area (TPSA) is 136 Å². The van der Waals surface area contributed by atoms with E-state index in [1.165, 1.54) is 36.4 Å². The average molecular weight is 569 g/mol. The van der Waals surface area contributed by atoms with E-state index in [4.69, 9.17) is 0 Å². The van der Waals surface area contributed by atoms with Crippen LogP contribution < -0.4 is 15.6 Å². The van der Waals surface area contributed by atoms with Crippen LogP contribution in [0.5, 0.6) is 0 Å². The van der Waals surface area contributed by atoms with Crippen LogP contribution in [-0.4, -0.2) is 34.1 Å². The van der Waals surface area contributed by atoms with Crippen LogP contribution in [0.3, 0.4) is 0 Å². The van der Waals surface area contributed by atoms with Crippen molar-refractivity contribution in [3.05, 3.63) is 93.1 Å². The fourth-order valence-corrected chi connectivity index (χ4v) is 4.61. The third-order valence-electron chi connectivity index (χ3n) is 4.95. The molecule has 1 amide bonds. The van der Waals surface area contributed by atoms with Crippen LogP contribution >= 0.6 is 15.9 Å². The van der Waals surface area contributed by atoms with Crippen molar-refractivity contribution in [3.8, 4) is 11.3 Å². The van der Waals surface area contributed by atoms with Gasteiger partial charge in [0.05, 0.1) is 10.6 Å². The molecule has 2 N–H and O–H groups in total. The normalized spacial score (nSPS) is 11.2. The molecule has 2 aromatic carbocycles. The van der Waals surface area contributed by atoms with E-state index >= 15 is 0 Å². The molecule has 0 atom stereocenters. The Bertz CT molecular complexity index is 1570.